The van der Waals surface area contributed by atoms with E-state index in [2.05, 4.69) is 25.9 Å². The molecule has 0 spiro atoms. The van der Waals surface area contributed by atoms with E-state index < -0.39 is 42.0 Å². The number of imidazole rings is 1. The van der Waals surface area contributed by atoms with E-state index in [-0.39, 0.29) is 19.4 Å². The van der Waals surface area contributed by atoms with Gasteiger partial charge in [0.05, 0.1) is 19.4 Å². The van der Waals surface area contributed by atoms with Gasteiger partial charge in [0.25, 0.3) is 11.8 Å². The van der Waals surface area contributed by atoms with E-state index in [9.17, 15) is 14.4 Å². The van der Waals surface area contributed by atoms with Crippen molar-refractivity contribution in [2.75, 3.05) is 6.67 Å². The van der Waals surface area contributed by atoms with Crippen molar-refractivity contribution in [1.29, 1.82) is 0 Å². The molecule has 3 amide bonds. The Labute approximate surface area is 262 Å². The third-order valence-corrected chi connectivity index (χ3v) is 7.16. The fraction of sp³-hybridized carbons (Fsp3) is 0.333. The zero-order valence-corrected chi connectivity index (χ0v) is 25.9. The molecule has 0 unspecified atom stereocenters. The number of aromatic nitrogens is 2. The lowest BCUT2D eigenvalue weighted by molar-refractivity contribution is -0.133. The van der Waals surface area contributed by atoms with E-state index in [4.69, 9.17) is 16.2 Å². The summed E-state index contributed by atoms with van der Waals surface area (Å²) in [4.78, 5) is 49.1. The Bertz CT molecular complexity index is 1570. The van der Waals surface area contributed by atoms with Gasteiger partial charge in [0, 0.05) is 24.5 Å². The molecule has 0 saturated heterocycles. The molecule has 12 heteroatoms. The Morgan fingerprint density at radius 1 is 0.956 bits per heavy atom. The van der Waals surface area contributed by atoms with Crippen LogP contribution in [0.25, 0.3) is 10.8 Å². The second-order valence-corrected chi connectivity index (χ2v) is 11.7. The van der Waals surface area contributed by atoms with Crippen molar-refractivity contribution >= 4 is 28.7 Å². The summed E-state index contributed by atoms with van der Waals surface area (Å²) in [6.45, 7) is 5.32. The fourth-order valence-electron chi connectivity index (χ4n) is 4.83. The van der Waals surface area contributed by atoms with E-state index in [1.807, 2.05) is 42.5 Å². The first kappa shape index (κ1) is 33.1. The minimum atomic E-state index is -1.92. The van der Waals surface area contributed by atoms with Gasteiger partial charge in [-0.2, -0.15) is 0 Å². The average molecular weight is 615 g/mol. The lowest BCUT2D eigenvalue weighted by Gasteiger charge is -2.40. The van der Waals surface area contributed by atoms with Crippen LogP contribution in [0.4, 0.5) is 4.79 Å². The predicted molar refractivity (Wildman–Crippen MR) is 172 cm³/mol. The van der Waals surface area contributed by atoms with Crippen LogP contribution in [0.5, 0.6) is 0 Å². The summed E-state index contributed by atoms with van der Waals surface area (Å²) in [5.74, 6) is -0.463. The van der Waals surface area contributed by atoms with Gasteiger partial charge >= 0.3 is 6.09 Å². The molecule has 8 N–H and O–H groups in total. The maximum Gasteiger partial charge on any atom is 0.409 e. The lowest BCUT2D eigenvalue weighted by Crippen LogP contribution is -2.68. The summed E-state index contributed by atoms with van der Waals surface area (Å²) in [6.07, 6.45) is 2.18. The van der Waals surface area contributed by atoms with Crippen LogP contribution in [0, 0.1) is 0 Å². The van der Waals surface area contributed by atoms with Crippen LogP contribution in [0.1, 0.15) is 55.4 Å². The van der Waals surface area contributed by atoms with Gasteiger partial charge < -0.3 is 31.8 Å². The van der Waals surface area contributed by atoms with Crippen molar-refractivity contribution in [3.63, 3.8) is 0 Å². The minimum absolute atomic E-state index is 0.0325. The molecular weight excluding hydrogens is 572 g/mol. The number of carbonyl (C=O) groups excluding carboxylic acids is 3. The molecule has 0 aliphatic rings. The highest BCUT2D eigenvalue weighted by molar-refractivity contribution is 5.99. The third kappa shape index (κ3) is 9.11. The second kappa shape index (κ2) is 14.8. The van der Waals surface area contributed by atoms with Gasteiger partial charge in [0.15, 0.2) is 5.66 Å². The zero-order valence-electron chi connectivity index (χ0n) is 25.9. The average Bonchev–Trinajstić information content (AvgIpc) is 3.55. The molecule has 0 aliphatic heterocycles. The number of nitrogens with two attached hydrogens (primary N) is 2. The molecule has 45 heavy (non-hydrogen) atoms. The molecule has 1 heterocycles. The molecular formula is C33H42N8O4. The number of ether oxygens (including phenoxy) is 1. The van der Waals surface area contributed by atoms with Crippen LogP contribution < -0.4 is 27.4 Å². The first-order valence-corrected chi connectivity index (χ1v) is 14.8. The highest BCUT2D eigenvalue weighted by atomic mass is 16.6. The topological polar surface area (TPSA) is 180 Å². The molecule has 4 rings (SSSR count). The SMILES string of the molecule is CC(C)(C)OC(=O)NCN(C(=O)c1ccccc1)[C@@](N)(CC[C@@H](N)NCc1ncc[nH]1)C(=O)NCc1cccc2ccccc12. The van der Waals surface area contributed by atoms with E-state index in [0.717, 1.165) is 21.2 Å². The van der Waals surface area contributed by atoms with Crippen LogP contribution in [0.2, 0.25) is 0 Å². The number of benzene rings is 3. The number of amides is 3. The monoisotopic (exact) mass is 614 g/mol. The van der Waals surface area contributed by atoms with Gasteiger partial charge in [-0.1, -0.05) is 60.7 Å². The zero-order chi connectivity index (χ0) is 32.5. The number of fused-ring (bicyclic) bond motifs is 1. The molecule has 3 aromatic carbocycles. The normalized spacial score (nSPS) is 13.4. The van der Waals surface area contributed by atoms with Crippen LogP contribution in [0.15, 0.2) is 85.2 Å². The standard InChI is InChI=1S/C33H42N8O4/c1-32(2,3)45-31(44)40-22-41(29(42)24-11-5-4-6-12-24)33(35,17-16-27(34)38-21-28-36-18-19-37-28)30(43)39-20-25-14-9-13-23-10-7-8-15-26(23)25/h4-15,18-19,27,38H,16-17,20-22,34-35H2,1-3H3,(H,36,37)(H,39,43)(H,40,44)/t27-,33-/m0/s1. The molecule has 1 aromatic heterocycles. The van der Waals surface area contributed by atoms with Crippen molar-refractivity contribution in [3.8, 4) is 0 Å². The van der Waals surface area contributed by atoms with E-state index in [1.165, 1.54) is 0 Å². The van der Waals surface area contributed by atoms with Gasteiger partial charge in [0.1, 0.15) is 11.4 Å². The van der Waals surface area contributed by atoms with Crippen LogP contribution in [0.3, 0.4) is 0 Å². The van der Waals surface area contributed by atoms with Gasteiger partial charge in [-0.25, -0.2) is 9.78 Å². The molecule has 12 nitrogen and oxygen atoms in total. The smallest absolute Gasteiger partial charge is 0.409 e. The Kier molecular flexibility index (Phi) is 10.9. The number of carbonyl (C=O) groups is 3. The quantitative estimate of drug-likeness (QED) is 0.124. The maximum absolute atomic E-state index is 14.1. The van der Waals surface area contributed by atoms with Crippen molar-refractivity contribution in [3.05, 3.63) is 102 Å². The molecule has 0 fully saturated rings. The number of nitrogens with zero attached hydrogens (tertiary/aromatic N) is 2. The van der Waals surface area contributed by atoms with E-state index in [1.54, 1.807) is 63.5 Å². The second-order valence-electron chi connectivity index (χ2n) is 11.7. The number of hydrogen-bond acceptors (Lipinski definition) is 8. The maximum atomic E-state index is 14.1. The van der Waals surface area contributed by atoms with Gasteiger partial charge in [-0.15, -0.1) is 0 Å². The number of alkyl carbamates (subject to hydrolysis) is 1. The first-order valence-electron chi connectivity index (χ1n) is 14.8. The molecule has 0 saturated carbocycles. The predicted octanol–water partition coefficient (Wildman–Crippen LogP) is 3.31. The number of aromatic amines is 1. The number of nitrogens with one attached hydrogen (secondary N) is 4. The molecule has 238 valence electrons. The summed E-state index contributed by atoms with van der Waals surface area (Å²) in [5, 5.41) is 10.7. The summed E-state index contributed by atoms with van der Waals surface area (Å²) in [5.41, 5.74) is 11.8. The molecule has 0 bridgehead atoms. The summed E-state index contributed by atoms with van der Waals surface area (Å²) >= 11 is 0. The van der Waals surface area contributed by atoms with E-state index >= 15 is 0 Å². The van der Waals surface area contributed by atoms with Crippen LogP contribution >= 0.6 is 0 Å². The molecule has 0 aliphatic carbocycles. The number of rotatable bonds is 13. The van der Waals surface area contributed by atoms with Crippen molar-refractivity contribution < 1.29 is 19.1 Å². The Balaban J connectivity index is 1.62. The van der Waals surface area contributed by atoms with Crippen molar-refractivity contribution in [2.24, 2.45) is 11.5 Å². The van der Waals surface area contributed by atoms with Crippen LogP contribution in [-0.4, -0.2) is 56.9 Å². The van der Waals surface area contributed by atoms with Gasteiger partial charge in [0.2, 0.25) is 0 Å². The van der Waals surface area contributed by atoms with Crippen molar-refractivity contribution in [1.82, 2.24) is 30.8 Å². The largest absolute Gasteiger partial charge is 0.444 e. The Morgan fingerprint density at radius 3 is 2.38 bits per heavy atom. The Morgan fingerprint density at radius 2 is 1.67 bits per heavy atom. The summed E-state index contributed by atoms with van der Waals surface area (Å²) in [6, 6.07) is 22.1. The molecule has 4 aromatic rings. The van der Waals surface area contributed by atoms with Crippen molar-refractivity contribution in [2.45, 2.75) is 64.1 Å². The van der Waals surface area contributed by atoms with Gasteiger partial charge in [-0.05, 0) is 62.1 Å². The highest BCUT2D eigenvalue weighted by Crippen LogP contribution is 2.22. The molecule has 0 radical (unpaired) electrons. The first-order chi connectivity index (χ1) is 21.5. The fourth-order valence-corrected chi connectivity index (χ4v) is 4.83. The lowest BCUT2D eigenvalue weighted by atomic mass is 9.98. The van der Waals surface area contributed by atoms with E-state index in [0.29, 0.717) is 17.9 Å². The highest BCUT2D eigenvalue weighted by Gasteiger charge is 2.43. The third-order valence-electron chi connectivity index (χ3n) is 7.16. The minimum Gasteiger partial charge on any atom is -0.444 e. The van der Waals surface area contributed by atoms with Crippen LogP contribution in [-0.2, 0) is 22.6 Å². The number of hydrogen-bond donors (Lipinski definition) is 6. The summed E-state index contributed by atoms with van der Waals surface area (Å²) in [7, 11) is 0. The summed E-state index contributed by atoms with van der Waals surface area (Å²) < 4.78 is 5.39. The molecule has 2 atom stereocenters. The van der Waals surface area contributed by atoms with Gasteiger partial charge in [-0.3, -0.25) is 19.8 Å². The number of H-pyrrole nitrogens is 1. The Hall–Kier alpha value is -4.78.